The summed E-state index contributed by atoms with van der Waals surface area (Å²) in [6.07, 6.45) is 1.68. The quantitative estimate of drug-likeness (QED) is 0.394. The highest BCUT2D eigenvalue weighted by atomic mass is 35.5. The van der Waals surface area contributed by atoms with Crippen LogP contribution in [-0.4, -0.2) is 32.9 Å². The van der Waals surface area contributed by atoms with Gasteiger partial charge in [-0.25, -0.2) is 0 Å². The lowest BCUT2D eigenvalue weighted by atomic mass is 10.1. The van der Waals surface area contributed by atoms with Crippen LogP contribution < -0.4 is 4.90 Å². The van der Waals surface area contributed by atoms with E-state index in [-0.39, 0.29) is 22.6 Å². The number of anilines is 1. The first kappa shape index (κ1) is 21.3. The van der Waals surface area contributed by atoms with E-state index in [1.165, 1.54) is 9.80 Å². The van der Waals surface area contributed by atoms with Crippen LogP contribution in [0.2, 0.25) is 5.02 Å². The van der Waals surface area contributed by atoms with E-state index < -0.39 is 5.91 Å². The number of aryl methyl sites for hydroxylation is 1. The molecule has 1 aromatic carbocycles. The van der Waals surface area contributed by atoms with E-state index in [1.54, 1.807) is 30.3 Å². The van der Waals surface area contributed by atoms with Gasteiger partial charge >= 0.3 is 0 Å². The van der Waals surface area contributed by atoms with E-state index in [4.69, 9.17) is 23.8 Å². The second-order valence-corrected chi connectivity index (χ2v) is 8.10. The molecule has 0 N–H and O–H groups in total. The summed E-state index contributed by atoms with van der Waals surface area (Å²) in [6.45, 7) is 10.4. The van der Waals surface area contributed by atoms with Crippen molar-refractivity contribution in [1.29, 1.82) is 0 Å². The molecule has 0 radical (unpaired) electrons. The molecule has 1 aliphatic rings. The lowest BCUT2D eigenvalue weighted by Crippen LogP contribution is -2.56. The summed E-state index contributed by atoms with van der Waals surface area (Å²) in [4.78, 5) is 29.2. The number of carbonyl (C=O) groups excluding carboxylic acids is 2. The van der Waals surface area contributed by atoms with Crippen molar-refractivity contribution in [3.05, 3.63) is 57.9 Å². The number of hydrogen-bond donors (Lipinski definition) is 0. The van der Waals surface area contributed by atoms with E-state index >= 15 is 0 Å². The Bertz CT molecular complexity index is 1020. The predicted molar refractivity (Wildman–Crippen MR) is 121 cm³/mol. The van der Waals surface area contributed by atoms with Gasteiger partial charge < -0.3 is 4.57 Å². The number of benzene rings is 1. The van der Waals surface area contributed by atoms with Gasteiger partial charge in [-0.05, 0) is 88.8 Å². The maximum Gasteiger partial charge on any atom is 0.270 e. The first-order chi connectivity index (χ1) is 13.7. The molecule has 7 heteroatoms. The van der Waals surface area contributed by atoms with Crippen LogP contribution >= 0.6 is 23.8 Å². The zero-order valence-electron chi connectivity index (χ0n) is 17.2. The molecular weight excluding hydrogens is 406 g/mol. The number of amides is 2. The average Bonchev–Trinajstić information content (AvgIpc) is 2.94. The SMILES string of the molecule is CCN1C(=O)/C(=C\c2cc(C)n(C(C)C)c2C)C(=O)N(c2ccc(Cl)cc2)C1=S. The summed E-state index contributed by atoms with van der Waals surface area (Å²) in [6, 6.07) is 9.11. The van der Waals surface area contributed by atoms with E-state index in [2.05, 4.69) is 18.4 Å². The van der Waals surface area contributed by atoms with E-state index in [0.29, 0.717) is 17.3 Å². The second-order valence-electron chi connectivity index (χ2n) is 7.30. The average molecular weight is 430 g/mol. The van der Waals surface area contributed by atoms with Gasteiger partial charge in [0.05, 0.1) is 5.69 Å². The van der Waals surface area contributed by atoms with Crippen LogP contribution in [0.4, 0.5) is 5.69 Å². The number of halogens is 1. The van der Waals surface area contributed by atoms with Crippen LogP contribution in [-0.2, 0) is 9.59 Å². The van der Waals surface area contributed by atoms with E-state index in [9.17, 15) is 9.59 Å². The minimum absolute atomic E-state index is 0.0967. The standard InChI is InChI=1S/C22H24ClN3O2S/c1-6-24-20(27)19(12-16-11-14(4)25(13(2)3)15(16)5)21(28)26(22(24)29)18-9-7-17(23)8-10-18/h7-13H,6H2,1-5H3/b19-12+. The third-order valence-electron chi connectivity index (χ3n) is 5.07. The number of rotatable bonds is 4. The topological polar surface area (TPSA) is 45.6 Å². The molecule has 0 atom stereocenters. The molecule has 5 nitrogen and oxygen atoms in total. The second kappa shape index (κ2) is 8.13. The van der Waals surface area contributed by atoms with Crippen molar-refractivity contribution in [3.8, 4) is 0 Å². The Labute approximate surface area is 181 Å². The van der Waals surface area contributed by atoms with Crippen LogP contribution in [0.5, 0.6) is 0 Å². The van der Waals surface area contributed by atoms with Crippen molar-refractivity contribution in [2.75, 3.05) is 11.4 Å². The number of aromatic nitrogens is 1. The van der Waals surface area contributed by atoms with Crippen molar-refractivity contribution < 1.29 is 9.59 Å². The first-order valence-electron chi connectivity index (χ1n) is 9.53. The highest BCUT2D eigenvalue weighted by Gasteiger charge is 2.39. The normalized spacial score (nSPS) is 16.5. The Morgan fingerprint density at radius 2 is 1.72 bits per heavy atom. The van der Waals surface area contributed by atoms with Crippen LogP contribution in [0.15, 0.2) is 35.9 Å². The zero-order chi connectivity index (χ0) is 21.5. The predicted octanol–water partition coefficient (Wildman–Crippen LogP) is 4.90. The van der Waals surface area contributed by atoms with Gasteiger partial charge in [0.25, 0.3) is 11.8 Å². The van der Waals surface area contributed by atoms with Gasteiger partial charge in [0.15, 0.2) is 5.11 Å². The van der Waals surface area contributed by atoms with Gasteiger partial charge in [-0.15, -0.1) is 0 Å². The lowest BCUT2D eigenvalue weighted by molar-refractivity contribution is -0.127. The Morgan fingerprint density at radius 1 is 1.10 bits per heavy atom. The van der Waals surface area contributed by atoms with Crippen LogP contribution in [0.3, 0.4) is 0 Å². The Kier molecular flexibility index (Phi) is 5.96. The molecule has 0 aliphatic carbocycles. The molecular formula is C22H24ClN3O2S. The molecule has 29 heavy (non-hydrogen) atoms. The van der Waals surface area contributed by atoms with Crippen molar-refractivity contribution >= 4 is 52.5 Å². The monoisotopic (exact) mass is 429 g/mol. The van der Waals surface area contributed by atoms with Gasteiger partial charge in [0.1, 0.15) is 5.57 Å². The number of carbonyl (C=O) groups is 2. The Hall–Kier alpha value is -2.44. The molecule has 0 unspecified atom stereocenters. The van der Waals surface area contributed by atoms with Crippen molar-refractivity contribution in [3.63, 3.8) is 0 Å². The van der Waals surface area contributed by atoms with Gasteiger partial charge in [-0.1, -0.05) is 11.6 Å². The molecule has 3 rings (SSSR count). The summed E-state index contributed by atoms with van der Waals surface area (Å²) in [5, 5.41) is 0.735. The third kappa shape index (κ3) is 3.74. The minimum Gasteiger partial charge on any atom is -0.346 e. The highest BCUT2D eigenvalue weighted by molar-refractivity contribution is 7.80. The fraction of sp³-hybridized carbons (Fsp3) is 0.318. The van der Waals surface area contributed by atoms with Gasteiger partial charge in [-0.2, -0.15) is 0 Å². The van der Waals surface area contributed by atoms with E-state index in [1.807, 2.05) is 26.8 Å². The molecule has 152 valence electrons. The first-order valence-corrected chi connectivity index (χ1v) is 10.3. The van der Waals surface area contributed by atoms with Crippen molar-refractivity contribution in [1.82, 2.24) is 9.47 Å². The molecule has 2 heterocycles. The number of hydrogen-bond acceptors (Lipinski definition) is 3. The minimum atomic E-state index is -0.429. The summed E-state index contributed by atoms with van der Waals surface area (Å²) < 4.78 is 2.18. The molecule has 0 saturated carbocycles. The molecule has 1 fully saturated rings. The zero-order valence-corrected chi connectivity index (χ0v) is 18.8. The number of thiocarbonyl (C=S) groups is 1. The Balaban J connectivity index is 2.12. The molecule has 2 aromatic rings. The molecule has 0 bridgehead atoms. The molecule has 2 amide bonds. The molecule has 0 spiro atoms. The fourth-order valence-corrected chi connectivity index (χ4v) is 4.30. The smallest absolute Gasteiger partial charge is 0.270 e. The lowest BCUT2D eigenvalue weighted by Gasteiger charge is -2.36. The molecule has 1 aliphatic heterocycles. The summed E-state index contributed by atoms with van der Waals surface area (Å²) >= 11 is 11.4. The molecule has 1 saturated heterocycles. The van der Waals surface area contributed by atoms with Crippen LogP contribution in [0.25, 0.3) is 6.08 Å². The van der Waals surface area contributed by atoms with Gasteiger partial charge in [0, 0.05) is 29.0 Å². The summed E-state index contributed by atoms with van der Waals surface area (Å²) in [5.41, 5.74) is 3.62. The van der Waals surface area contributed by atoms with Crippen LogP contribution in [0.1, 0.15) is 43.8 Å². The fourth-order valence-electron chi connectivity index (χ4n) is 3.77. The maximum absolute atomic E-state index is 13.3. The van der Waals surface area contributed by atoms with E-state index in [0.717, 1.165) is 17.0 Å². The van der Waals surface area contributed by atoms with Crippen LogP contribution in [0, 0.1) is 13.8 Å². The summed E-state index contributed by atoms with van der Waals surface area (Å²) in [7, 11) is 0. The highest BCUT2D eigenvalue weighted by Crippen LogP contribution is 2.29. The van der Waals surface area contributed by atoms with Crippen molar-refractivity contribution in [2.45, 2.75) is 40.7 Å². The third-order valence-corrected chi connectivity index (χ3v) is 5.73. The summed E-state index contributed by atoms with van der Waals surface area (Å²) in [5.74, 6) is -0.802. The largest absolute Gasteiger partial charge is 0.346 e. The molecule has 1 aromatic heterocycles. The maximum atomic E-state index is 13.3. The van der Waals surface area contributed by atoms with Gasteiger partial charge in [-0.3, -0.25) is 19.4 Å². The number of likely N-dealkylation sites (N-methyl/N-ethyl adjacent to an activating group) is 1. The van der Waals surface area contributed by atoms with Crippen molar-refractivity contribution in [2.24, 2.45) is 0 Å². The number of nitrogens with zero attached hydrogens (tertiary/aromatic N) is 3. The Morgan fingerprint density at radius 3 is 2.24 bits per heavy atom. The van der Waals surface area contributed by atoms with Gasteiger partial charge in [0.2, 0.25) is 0 Å².